The third-order valence-corrected chi connectivity index (χ3v) is 3.15. The summed E-state index contributed by atoms with van der Waals surface area (Å²) in [6.45, 7) is 2.36. The van der Waals surface area contributed by atoms with Crippen LogP contribution in [0.3, 0.4) is 0 Å². The number of hydrogen-bond acceptors (Lipinski definition) is 3. The molecule has 1 aromatic rings. The molecule has 15 heavy (non-hydrogen) atoms. The summed E-state index contributed by atoms with van der Waals surface area (Å²) in [5, 5.41) is 10.0. The van der Waals surface area contributed by atoms with Crippen molar-refractivity contribution in [2.75, 3.05) is 13.7 Å². The van der Waals surface area contributed by atoms with E-state index in [1.807, 2.05) is 25.1 Å². The first kappa shape index (κ1) is 12.5. The minimum Gasteiger partial charge on any atom is -0.497 e. The molecule has 0 aliphatic heterocycles. The zero-order valence-corrected chi connectivity index (χ0v) is 10.5. The minimum atomic E-state index is -0.570. The van der Waals surface area contributed by atoms with Gasteiger partial charge in [-0.2, -0.15) is 0 Å². The molecule has 0 amide bonds. The molecule has 3 nitrogen and oxygen atoms in total. The smallest absolute Gasteiger partial charge is 0.119 e. The van der Waals surface area contributed by atoms with Crippen molar-refractivity contribution in [2.24, 2.45) is 11.7 Å². The second-order valence-electron chi connectivity index (χ2n) is 3.55. The second kappa shape index (κ2) is 5.49. The van der Waals surface area contributed by atoms with Crippen LogP contribution in [0.4, 0.5) is 0 Å². The highest BCUT2D eigenvalue weighted by Gasteiger charge is 2.18. The summed E-state index contributed by atoms with van der Waals surface area (Å²) in [6.07, 6.45) is -0.570. The summed E-state index contributed by atoms with van der Waals surface area (Å²) in [5.74, 6) is 0.755. The molecular weight excluding hydrogens is 258 g/mol. The van der Waals surface area contributed by atoms with Gasteiger partial charge in [0.05, 0.1) is 13.2 Å². The van der Waals surface area contributed by atoms with Crippen molar-refractivity contribution in [1.29, 1.82) is 0 Å². The number of hydrogen-bond donors (Lipinski definition) is 2. The summed E-state index contributed by atoms with van der Waals surface area (Å²) < 4.78 is 5.98. The highest BCUT2D eigenvalue weighted by Crippen LogP contribution is 2.31. The maximum atomic E-state index is 10.0. The van der Waals surface area contributed by atoms with Gasteiger partial charge in [0.1, 0.15) is 5.75 Å². The van der Waals surface area contributed by atoms with Crippen molar-refractivity contribution in [1.82, 2.24) is 0 Å². The fraction of sp³-hybridized carbons (Fsp3) is 0.455. The fourth-order valence-electron chi connectivity index (χ4n) is 1.31. The standard InChI is InChI=1S/C11H16BrNO2/c1-7(6-13)11(14)9-5-8(15-2)3-4-10(9)12/h3-5,7,11,14H,6,13H2,1-2H3. The average Bonchev–Trinajstić information content (AvgIpc) is 2.27. The zero-order valence-electron chi connectivity index (χ0n) is 8.90. The molecule has 0 aromatic heterocycles. The van der Waals surface area contributed by atoms with Gasteiger partial charge < -0.3 is 15.6 Å². The predicted octanol–water partition coefficient (Wildman–Crippen LogP) is 2.09. The van der Waals surface area contributed by atoms with E-state index in [0.29, 0.717) is 6.54 Å². The molecule has 0 aliphatic carbocycles. The van der Waals surface area contributed by atoms with E-state index in [9.17, 15) is 5.11 Å². The number of aliphatic hydroxyl groups is 1. The minimum absolute atomic E-state index is 0.0217. The van der Waals surface area contributed by atoms with Gasteiger partial charge in [0.25, 0.3) is 0 Å². The first-order valence-corrected chi connectivity index (χ1v) is 5.61. The van der Waals surface area contributed by atoms with Crippen LogP contribution in [0.25, 0.3) is 0 Å². The van der Waals surface area contributed by atoms with E-state index < -0.39 is 6.10 Å². The first-order valence-electron chi connectivity index (χ1n) is 4.81. The van der Waals surface area contributed by atoms with Crippen LogP contribution in [-0.2, 0) is 0 Å². The number of aliphatic hydroxyl groups excluding tert-OH is 1. The average molecular weight is 274 g/mol. The maximum absolute atomic E-state index is 10.0. The molecule has 0 saturated carbocycles. The summed E-state index contributed by atoms with van der Waals surface area (Å²) in [6, 6.07) is 5.52. The van der Waals surface area contributed by atoms with Gasteiger partial charge in [-0.05, 0) is 36.2 Å². The lowest BCUT2D eigenvalue weighted by atomic mass is 9.97. The van der Waals surface area contributed by atoms with E-state index in [4.69, 9.17) is 10.5 Å². The van der Waals surface area contributed by atoms with Gasteiger partial charge in [-0.25, -0.2) is 0 Å². The van der Waals surface area contributed by atoms with Crippen LogP contribution in [-0.4, -0.2) is 18.8 Å². The van der Waals surface area contributed by atoms with E-state index in [1.54, 1.807) is 7.11 Å². The molecule has 0 radical (unpaired) electrons. The molecule has 84 valence electrons. The molecule has 0 heterocycles. The van der Waals surface area contributed by atoms with E-state index in [-0.39, 0.29) is 5.92 Å². The molecular formula is C11H16BrNO2. The molecule has 2 unspecified atom stereocenters. The van der Waals surface area contributed by atoms with Crippen LogP contribution >= 0.6 is 15.9 Å². The van der Waals surface area contributed by atoms with Gasteiger partial charge in [0.15, 0.2) is 0 Å². The van der Waals surface area contributed by atoms with Crippen molar-refractivity contribution in [3.63, 3.8) is 0 Å². The lowest BCUT2D eigenvalue weighted by molar-refractivity contribution is 0.121. The Morgan fingerprint density at radius 1 is 1.53 bits per heavy atom. The fourth-order valence-corrected chi connectivity index (χ4v) is 1.79. The van der Waals surface area contributed by atoms with Crippen LogP contribution < -0.4 is 10.5 Å². The van der Waals surface area contributed by atoms with Gasteiger partial charge in [-0.3, -0.25) is 0 Å². The van der Waals surface area contributed by atoms with Gasteiger partial charge in [-0.15, -0.1) is 0 Å². The van der Waals surface area contributed by atoms with Crippen LogP contribution in [0.2, 0.25) is 0 Å². The quantitative estimate of drug-likeness (QED) is 0.883. The Kier molecular flexibility index (Phi) is 4.57. The number of benzene rings is 1. The van der Waals surface area contributed by atoms with Crippen LogP contribution in [0.5, 0.6) is 5.75 Å². The van der Waals surface area contributed by atoms with Crippen molar-refractivity contribution < 1.29 is 9.84 Å². The maximum Gasteiger partial charge on any atom is 0.119 e. The molecule has 1 rings (SSSR count). The van der Waals surface area contributed by atoms with E-state index >= 15 is 0 Å². The van der Waals surface area contributed by atoms with Gasteiger partial charge in [0, 0.05) is 4.47 Å². The Hall–Kier alpha value is -0.580. The second-order valence-corrected chi connectivity index (χ2v) is 4.40. The molecule has 4 heteroatoms. The van der Waals surface area contributed by atoms with Gasteiger partial charge in [-0.1, -0.05) is 22.9 Å². The highest BCUT2D eigenvalue weighted by atomic mass is 79.9. The largest absolute Gasteiger partial charge is 0.497 e. The monoisotopic (exact) mass is 273 g/mol. The Labute approximate surface area is 98.4 Å². The van der Waals surface area contributed by atoms with Crippen molar-refractivity contribution in [3.8, 4) is 5.75 Å². The summed E-state index contributed by atoms with van der Waals surface area (Å²) in [4.78, 5) is 0. The Morgan fingerprint density at radius 2 is 2.20 bits per heavy atom. The molecule has 1 aromatic carbocycles. The molecule has 2 atom stereocenters. The lowest BCUT2D eigenvalue weighted by Gasteiger charge is -2.19. The molecule has 3 N–H and O–H groups in total. The molecule has 0 saturated heterocycles. The van der Waals surface area contributed by atoms with Gasteiger partial charge in [0.2, 0.25) is 0 Å². The molecule has 0 fully saturated rings. The number of halogens is 1. The normalized spacial score (nSPS) is 14.7. The number of nitrogens with two attached hydrogens (primary N) is 1. The molecule has 0 spiro atoms. The van der Waals surface area contributed by atoms with E-state index in [1.165, 1.54) is 0 Å². The number of rotatable bonds is 4. The molecule has 0 bridgehead atoms. The van der Waals surface area contributed by atoms with Crippen molar-refractivity contribution in [2.45, 2.75) is 13.0 Å². The topological polar surface area (TPSA) is 55.5 Å². The Bertz CT molecular complexity index is 330. The zero-order chi connectivity index (χ0) is 11.4. The Morgan fingerprint density at radius 3 is 2.73 bits per heavy atom. The third kappa shape index (κ3) is 2.93. The predicted molar refractivity (Wildman–Crippen MR) is 63.9 cm³/mol. The summed E-state index contributed by atoms with van der Waals surface area (Å²) in [5.41, 5.74) is 6.34. The summed E-state index contributed by atoms with van der Waals surface area (Å²) in [7, 11) is 1.60. The van der Waals surface area contributed by atoms with E-state index in [2.05, 4.69) is 15.9 Å². The molecule has 0 aliphatic rings. The number of methoxy groups -OCH3 is 1. The van der Waals surface area contributed by atoms with Crippen molar-refractivity contribution in [3.05, 3.63) is 28.2 Å². The van der Waals surface area contributed by atoms with Crippen LogP contribution in [0, 0.1) is 5.92 Å². The Balaban J connectivity index is 3.01. The first-order chi connectivity index (χ1) is 7.10. The van der Waals surface area contributed by atoms with Gasteiger partial charge >= 0.3 is 0 Å². The highest BCUT2D eigenvalue weighted by molar-refractivity contribution is 9.10. The van der Waals surface area contributed by atoms with Crippen molar-refractivity contribution >= 4 is 15.9 Å². The third-order valence-electron chi connectivity index (χ3n) is 2.43. The van der Waals surface area contributed by atoms with Crippen LogP contribution in [0.15, 0.2) is 22.7 Å². The van der Waals surface area contributed by atoms with E-state index in [0.717, 1.165) is 15.8 Å². The lowest BCUT2D eigenvalue weighted by Crippen LogP contribution is -2.19. The summed E-state index contributed by atoms with van der Waals surface area (Å²) >= 11 is 3.40. The number of ether oxygens (including phenoxy) is 1. The SMILES string of the molecule is COc1ccc(Br)c(C(O)C(C)CN)c1. The van der Waals surface area contributed by atoms with Crippen LogP contribution in [0.1, 0.15) is 18.6 Å².